The Morgan fingerprint density at radius 2 is 2.32 bits per heavy atom. The molecule has 0 amide bonds. The van der Waals surface area contributed by atoms with Crippen molar-refractivity contribution in [1.82, 2.24) is 9.78 Å². The zero-order chi connectivity index (χ0) is 13.8. The molecule has 2 rings (SSSR count). The Kier molecular flexibility index (Phi) is 4.99. The van der Waals surface area contributed by atoms with Crippen molar-refractivity contribution in [3.8, 4) is 0 Å². The third-order valence-corrected chi connectivity index (χ3v) is 4.28. The van der Waals surface area contributed by atoms with Crippen LogP contribution in [0.15, 0.2) is 12.3 Å². The molecule has 2 heterocycles. The molecule has 0 bridgehead atoms. The van der Waals surface area contributed by atoms with Gasteiger partial charge in [-0.15, -0.1) is 0 Å². The molecule has 1 N–H and O–H groups in total. The monoisotopic (exact) mass is 266 g/mol. The number of nitrogens with zero attached hydrogens (tertiary/aromatic N) is 2. The average Bonchev–Trinajstić information content (AvgIpc) is 3.05. The lowest BCUT2D eigenvalue weighted by atomic mass is 9.91. The fourth-order valence-electron chi connectivity index (χ4n) is 2.81. The zero-order valence-corrected chi connectivity index (χ0v) is 12.2. The maximum atomic E-state index is 10.4. The fourth-order valence-corrected chi connectivity index (χ4v) is 2.81. The summed E-state index contributed by atoms with van der Waals surface area (Å²) < 4.78 is 7.64. The Hall–Kier alpha value is -0.870. The number of rotatable bonds is 6. The van der Waals surface area contributed by atoms with Gasteiger partial charge in [-0.25, -0.2) is 0 Å². The molecule has 19 heavy (non-hydrogen) atoms. The second kappa shape index (κ2) is 6.53. The minimum absolute atomic E-state index is 0.214. The molecule has 1 aliphatic heterocycles. The maximum Gasteiger partial charge on any atom is 0.0650 e. The van der Waals surface area contributed by atoms with Gasteiger partial charge in [0.25, 0.3) is 0 Å². The molecule has 1 fully saturated rings. The number of aromatic nitrogens is 2. The lowest BCUT2D eigenvalue weighted by molar-refractivity contribution is 0.0313. The van der Waals surface area contributed by atoms with E-state index in [-0.39, 0.29) is 18.1 Å². The molecular weight excluding hydrogens is 240 g/mol. The van der Waals surface area contributed by atoms with Crippen molar-refractivity contribution in [3.05, 3.63) is 18.0 Å². The molecule has 0 aromatic carbocycles. The van der Waals surface area contributed by atoms with E-state index in [0.717, 1.165) is 31.6 Å². The summed E-state index contributed by atoms with van der Waals surface area (Å²) in [6, 6.07) is 2.44. The minimum Gasteiger partial charge on any atom is -0.392 e. The average molecular weight is 266 g/mol. The molecule has 0 spiro atoms. The van der Waals surface area contributed by atoms with Gasteiger partial charge in [0.05, 0.1) is 17.9 Å². The van der Waals surface area contributed by atoms with Crippen LogP contribution in [0.4, 0.5) is 0 Å². The summed E-state index contributed by atoms with van der Waals surface area (Å²) in [5.41, 5.74) is 0.981. The van der Waals surface area contributed by atoms with Gasteiger partial charge in [0, 0.05) is 31.2 Å². The molecule has 0 aliphatic carbocycles. The molecule has 1 aromatic heterocycles. The van der Waals surface area contributed by atoms with Crippen LogP contribution in [0.2, 0.25) is 0 Å². The zero-order valence-electron chi connectivity index (χ0n) is 12.2. The van der Waals surface area contributed by atoms with E-state index < -0.39 is 0 Å². The lowest BCUT2D eigenvalue weighted by Crippen LogP contribution is -2.29. The van der Waals surface area contributed by atoms with Crippen LogP contribution in [0.1, 0.15) is 51.8 Å². The Labute approximate surface area is 115 Å². The summed E-state index contributed by atoms with van der Waals surface area (Å²) in [5.74, 6) is 0.263. The third-order valence-electron chi connectivity index (χ3n) is 4.28. The first-order valence-electron chi connectivity index (χ1n) is 7.49. The first-order valence-corrected chi connectivity index (χ1v) is 7.49. The van der Waals surface area contributed by atoms with Gasteiger partial charge in [-0.3, -0.25) is 4.68 Å². The predicted octanol–water partition coefficient (Wildman–Crippen LogP) is 2.57. The van der Waals surface area contributed by atoms with Crippen LogP contribution in [0.3, 0.4) is 0 Å². The van der Waals surface area contributed by atoms with E-state index in [0.29, 0.717) is 12.5 Å². The summed E-state index contributed by atoms with van der Waals surface area (Å²) in [6.07, 6.45) is 5.53. The van der Waals surface area contributed by atoms with Gasteiger partial charge in [-0.05, 0) is 32.3 Å². The van der Waals surface area contributed by atoms with Gasteiger partial charge < -0.3 is 9.84 Å². The van der Waals surface area contributed by atoms with E-state index in [1.165, 1.54) is 0 Å². The van der Waals surface area contributed by atoms with E-state index in [4.69, 9.17) is 4.74 Å². The minimum atomic E-state index is -0.340. The van der Waals surface area contributed by atoms with Gasteiger partial charge in [-0.1, -0.05) is 13.8 Å². The standard InChI is InChI=1S/C15H26N2O2/c1-4-11(3)17-8-6-12(16-17)10-14(18)13-7-9-19-15(13)5-2/h6,8,11,13-15,18H,4-5,7,9-10H2,1-3H3. The Balaban J connectivity index is 1.95. The van der Waals surface area contributed by atoms with E-state index in [1.807, 2.05) is 16.9 Å². The van der Waals surface area contributed by atoms with Gasteiger partial charge in [0.2, 0.25) is 0 Å². The summed E-state index contributed by atoms with van der Waals surface area (Å²) >= 11 is 0. The van der Waals surface area contributed by atoms with Crippen molar-refractivity contribution in [2.24, 2.45) is 5.92 Å². The second-order valence-electron chi connectivity index (χ2n) is 5.59. The number of ether oxygens (including phenoxy) is 1. The van der Waals surface area contributed by atoms with Gasteiger partial charge in [0.15, 0.2) is 0 Å². The molecule has 4 atom stereocenters. The SMILES string of the molecule is CCC1OCCC1C(O)Cc1ccn(C(C)CC)n1. The first-order chi connectivity index (χ1) is 9.15. The summed E-state index contributed by atoms with van der Waals surface area (Å²) in [6.45, 7) is 7.21. The third kappa shape index (κ3) is 3.37. The van der Waals surface area contributed by atoms with Crippen LogP contribution in [0.5, 0.6) is 0 Å². The summed E-state index contributed by atoms with van der Waals surface area (Å²) in [5, 5.41) is 14.9. The van der Waals surface area contributed by atoms with E-state index >= 15 is 0 Å². The van der Waals surface area contributed by atoms with Crippen molar-refractivity contribution >= 4 is 0 Å². The highest BCUT2D eigenvalue weighted by atomic mass is 16.5. The Morgan fingerprint density at radius 1 is 1.53 bits per heavy atom. The van der Waals surface area contributed by atoms with Crippen LogP contribution in [-0.4, -0.2) is 33.7 Å². The maximum absolute atomic E-state index is 10.4. The molecule has 4 unspecified atom stereocenters. The van der Waals surface area contributed by atoms with Crippen LogP contribution >= 0.6 is 0 Å². The van der Waals surface area contributed by atoms with Crippen molar-refractivity contribution in [2.45, 2.75) is 64.7 Å². The largest absolute Gasteiger partial charge is 0.392 e. The van der Waals surface area contributed by atoms with Gasteiger partial charge in [-0.2, -0.15) is 5.10 Å². The van der Waals surface area contributed by atoms with Crippen LogP contribution in [0, 0.1) is 5.92 Å². The molecule has 0 saturated carbocycles. The highest BCUT2D eigenvalue weighted by Gasteiger charge is 2.32. The molecule has 108 valence electrons. The van der Waals surface area contributed by atoms with Crippen molar-refractivity contribution < 1.29 is 9.84 Å². The molecule has 1 aliphatic rings. The van der Waals surface area contributed by atoms with E-state index in [9.17, 15) is 5.11 Å². The molecule has 1 saturated heterocycles. The van der Waals surface area contributed by atoms with Crippen LogP contribution in [0.25, 0.3) is 0 Å². The van der Waals surface area contributed by atoms with E-state index in [1.54, 1.807) is 0 Å². The quantitative estimate of drug-likeness (QED) is 0.861. The van der Waals surface area contributed by atoms with Crippen molar-refractivity contribution in [2.75, 3.05) is 6.61 Å². The molecule has 1 aromatic rings. The van der Waals surface area contributed by atoms with Gasteiger partial charge >= 0.3 is 0 Å². The molecule has 4 heteroatoms. The Bertz CT molecular complexity index is 391. The summed E-state index contributed by atoms with van der Waals surface area (Å²) in [4.78, 5) is 0. The first kappa shape index (κ1) is 14.5. The predicted molar refractivity (Wildman–Crippen MR) is 75.1 cm³/mol. The number of aliphatic hydroxyl groups is 1. The van der Waals surface area contributed by atoms with Gasteiger partial charge in [0.1, 0.15) is 0 Å². The topological polar surface area (TPSA) is 47.3 Å². The van der Waals surface area contributed by atoms with Crippen LogP contribution in [-0.2, 0) is 11.2 Å². The fraction of sp³-hybridized carbons (Fsp3) is 0.800. The molecule has 0 radical (unpaired) electrons. The Morgan fingerprint density at radius 3 is 3.00 bits per heavy atom. The summed E-state index contributed by atoms with van der Waals surface area (Å²) in [7, 11) is 0. The number of aliphatic hydroxyl groups excluding tert-OH is 1. The normalized spacial score (nSPS) is 26.5. The van der Waals surface area contributed by atoms with Crippen molar-refractivity contribution in [1.29, 1.82) is 0 Å². The van der Waals surface area contributed by atoms with Crippen LogP contribution < -0.4 is 0 Å². The molecule has 4 nitrogen and oxygen atoms in total. The second-order valence-corrected chi connectivity index (χ2v) is 5.59. The number of hydrogen-bond acceptors (Lipinski definition) is 3. The highest BCUT2D eigenvalue weighted by molar-refractivity contribution is 5.02. The smallest absolute Gasteiger partial charge is 0.0650 e. The highest BCUT2D eigenvalue weighted by Crippen LogP contribution is 2.28. The lowest BCUT2D eigenvalue weighted by Gasteiger charge is -2.22. The molecular formula is C15H26N2O2. The van der Waals surface area contributed by atoms with E-state index in [2.05, 4.69) is 25.9 Å². The van der Waals surface area contributed by atoms with Crippen molar-refractivity contribution in [3.63, 3.8) is 0 Å². The number of hydrogen-bond donors (Lipinski definition) is 1.